The van der Waals surface area contributed by atoms with Crippen LogP contribution in [0.4, 0.5) is 5.69 Å². The maximum atomic E-state index is 12.4. The third-order valence-corrected chi connectivity index (χ3v) is 5.55. The molecule has 2 aromatic rings. The molecule has 10 heteroatoms. The van der Waals surface area contributed by atoms with Crippen LogP contribution in [0.5, 0.6) is 11.5 Å². The van der Waals surface area contributed by atoms with Crippen LogP contribution in [-0.2, 0) is 14.8 Å². The lowest BCUT2D eigenvalue weighted by molar-refractivity contribution is -0.118. The van der Waals surface area contributed by atoms with Crippen LogP contribution >= 0.6 is 0 Å². The van der Waals surface area contributed by atoms with Gasteiger partial charge in [-0.1, -0.05) is 12.1 Å². The van der Waals surface area contributed by atoms with Gasteiger partial charge in [-0.3, -0.25) is 9.59 Å². The molecule has 2 amide bonds. The summed E-state index contributed by atoms with van der Waals surface area (Å²) < 4.78 is 36.3. The van der Waals surface area contributed by atoms with Crippen molar-refractivity contribution in [3.8, 4) is 11.5 Å². The summed E-state index contributed by atoms with van der Waals surface area (Å²) in [5, 5.41) is 2.54. The molecule has 0 aliphatic heterocycles. The van der Waals surface area contributed by atoms with Gasteiger partial charge in [0.1, 0.15) is 16.4 Å². The van der Waals surface area contributed by atoms with Crippen LogP contribution in [0.3, 0.4) is 0 Å². The number of benzene rings is 2. The number of ether oxygens (including phenoxy) is 2. The molecule has 0 heterocycles. The molecule has 0 aliphatic carbocycles. The fraction of sp³-hybridized carbons (Fsp3) is 0.222. The highest BCUT2D eigenvalue weighted by Gasteiger charge is 2.23. The predicted molar refractivity (Wildman–Crippen MR) is 103 cm³/mol. The van der Waals surface area contributed by atoms with Crippen LogP contribution < -0.4 is 20.5 Å². The van der Waals surface area contributed by atoms with Crippen molar-refractivity contribution >= 4 is 27.5 Å². The number of primary amides is 1. The highest BCUT2D eigenvalue weighted by atomic mass is 32.2. The Kier molecular flexibility index (Phi) is 6.60. The van der Waals surface area contributed by atoms with Gasteiger partial charge in [0.2, 0.25) is 10.0 Å². The number of sulfonamides is 1. The molecule has 3 N–H and O–H groups in total. The molecule has 0 bridgehead atoms. The van der Waals surface area contributed by atoms with Crippen molar-refractivity contribution in [3.05, 3.63) is 48.0 Å². The SMILES string of the molecule is COc1ccc(NC(=O)COc2ccccc2C(N)=O)cc1S(=O)(=O)N(C)C. The van der Waals surface area contributed by atoms with Crippen LogP contribution in [0.2, 0.25) is 0 Å². The number of nitrogens with zero attached hydrogens (tertiary/aromatic N) is 1. The van der Waals surface area contributed by atoms with Gasteiger partial charge in [0.15, 0.2) is 6.61 Å². The summed E-state index contributed by atoms with van der Waals surface area (Å²) in [5.41, 5.74) is 5.66. The molecule has 0 spiro atoms. The normalized spacial score (nSPS) is 11.1. The first kappa shape index (κ1) is 21.2. The van der Waals surface area contributed by atoms with E-state index >= 15 is 0 Å². The Morgan fingerprint density at radius 3 is 2.39 bits per heavy atom. The molecule has 0 aromatic heterocycles. The minimum atomic E-state index is -3.77. The standard InChI is InChI=1S/C18H21N3O6S/c1-21(2)28(24,25)16-10-12(8-9-15(16)26-3)20-17(22)11-27-14-7-5-4-6-13(14)18(19)23/h4-10H,11H2,1-3H3,(H2,19,23)(H,20,22). The number of anilines is 1. The highest BCUT2D eigenvalue weighted by molar-refractivity contribution is 7.89. The lowest BCUT2D eigenvalue weighted by atomic mass is 10.2. The Labute approximate surface area is 163 Å². The largest absolute Gasteiger partial charge is 0.495 e. The summed E-state index contributed by atoms with van der Waals surface area (Å²) in [4.78, 5) is 23.5. The fourth-order valence-electron chi connectivity index (χ4n) is 2.29. The number of nitrogens with one attached hydrogen (secondary N) is 1. The third kappa shape index (κ3) is 4.78. The van der Waals surface area contributed by atoms with Gasteiger partial charge in [0, 0.05) is 19.8 Å². The van der Waals surface area contributed by atoms with E-state index in [9.17, 15) is 18.0 Å². The van der Waals surface area contributed by atoms with E-state index in [0.717, 1.165) is 4.31 Å². The highest BCUT2D eigenvalue weighted by Crippen LogP contribution is 2.28. The van der Waals surface area contributed by atoms with Crippen molar-refractivity contribution in [2.24, 2.45) is 5.73 Å². The van der Waals surface area contributed by atoms with Gasteiger partial charge in [0.05, 0.1) is 12.7 Å². The van der Waals surface area contributed by atoms with Crippen molar-refractivity contribution in [3.63, 3.8) is 0 Å². The first-order valence-corrected chi connectivity index (χ1v) is 9.53. The second kappa shape index (κ2) is 8.72. The van der Waals surface area contributed by atoms with E-state index < -0.39 is 28.4 Å². The zero-order valence-electron chi connectivity index (χ0n) is 15.6. The number of para-hydroxylation sites is 1. The average Bonchev–Trinajstić information content (AvgIpc) is 2.66. The summed E-state index contributed by atoms with van der Waals surface area (Å²) in [6.07, 6.45) is 0. The number of nitrogens with two attached hydrogens (primary N) is 1. The van der Waals surface area contributed by atoms with E-state index in [1.807, 2.05) is 0 Å². The second-order valence-corrected chi connectivity index (χ2v) is 7.97. The third-order valence-electron chi connectivity index (χ3n) is 3.72. The Bertz CT molecular complexity index is 989. The summed E-state index contributed by atoms with van der Waals surface area (Å²) >= 11 is 0. The number of rotatable bonds is 8. The van der Waals surface area contributed by atoms with Crippen molar-refractivity contribution in [1.82, 2.24) is 4.31 Å². The van der Waals surface area contributed by atoms with Crippen molar-refractivity contribution < 1.29 is 27.5 Å². The molecular weight excluding hydrogens is 386 g/mol. The smallest absolute Gasteiger partial charge is 0.262 e. The van der Waals surface area contributed by atoms with Gasteiger partial charge in [-0.2, -0.15) is 0 Å². The summed E-state index contributed by atoms with van der Waals surface area (Å²) in [7, 11) is 0.365. The quantitative estimate of drug-likeness (QED) is 0.673. The molecule has 0 fully saturated rings. The van der Waals surface area contributed by atoms with Gasteiger partial charge >= 0.3 is 0 Å². The molecule has 150 valence electrons. The summed E-state index contributed by atoms with van der Waals surface area (Å²) in [6, 6.07) is 10.5. The minimum Gasteiger partial charge on any atom is -0.495 e. The first-order chi connectivity index (χ1) is 13.2. The summed E-state index contributed by atoms with van der Waals surface area (Å²) in [6.45, 7) is -0.397. The maximum absolute atomic E-state index is 12.4. The molecule has 2 rings (SSSR count). The molecular formula is C18H21N3O6S. The Morgan fingerprint density at radius 2 is 1.79 bits per heavy atom. The van der Waals surface area contributed by atoms with Gasteiger partial charge in [-0.05, 0) is 30.3 Å². The number of carbonyl (C=O) groups is 2. The molecule has 28 heavy (non-hydrogen) atoms. The Balaban J connectivity index is 2.16. The number of amides is 2. The Hall–Kier alpha value is -3.11. The average molecular weight is 407 g/mol. The molecule has 0 unspecified atom stereocenters. The van der Waals surface area contributed by atoms with Gasteiger partial charge in [-0.15, -0.1) is 0 Å². The topological polar surface area (TPSA) is 128 Å². The number of hydrogen-bond acceptors (Lipinski definition) is 6. The molecule has 0 saturated carbocycles. The molecule has 9 nitrogen and oxygen atoms in total. The number of carbonyl (C=O) groups excluding carboxylic acids is 2. The Morgan fingerprint density at radius 1 is 1.11 bits per heavy atom. The monoisotopic (exact) mass is 407 g/mol. The molecule has 0 radical (unpaired) electrons. The van der Waals surface area contributed by atoms with E-state index in [4.69, 9.17) is 15.2 Å². The number of methoxy groups -OCH3 is 1. The second-order valence-electron chi connectivity index (χ2n) is 5.85. The first-order valence-electron chi connectivity index (χ1n) is 8.09. The van der Waals surface area contributed by atoms with Crippen molar-refractivity contribution in [2.75, 3.05) is 33.1 Å². The minimum absolute atomic E-state index is 0.0854. The van der Waals surface area contributed by atoms with Crippen LogP contribution in [0, 0.1) is 0 Å². The molecule has 0 saturated heterocycles. The lowest BCUT2D eigenvalue weighted by Gasteiger charge is -2.16. The fourth-order valence-corrected chi connectivity index (χ4v) is 3.36. The van der Waals surface area contributed by atoms with Gasteiger partial charge in [0.25, 0.3) is 11.8 Å². The summed E-state index contributed by atoms with van der Waals surface area (Å²) in [5.74, 6) is -0.892. The van der Waals surface area contributed by atoms with Gasteiger partial charge < -0.3 is 20.5 Å². The lowest BCUT2D eigenvalue weighted by Crippen LogP contribution is -2.24. The van der Waals surface area contributed by atoms with Gasteiger partial charge in [-0.25, -0.2) is 12.7 Å². The van der Waals surface area contributed by atoms with Crippen LogP contribution in [-0.4, -0.2) is 52.3 Å². The zero-order valence-corrected chi connectivity index (χ0v) is 16.4. The number of hydrogen-bond donors (Lipinski definition) is 2. The van der Waals surface area contributed by atoms with E-state index in [1.165, 1.54) is 51.5 Å². The molecule has 2 aromatic carbocycles. The molecule has 0 aliphatic rings. The van der Waals surface area contributed by atoms with Crippen molar-refractivity contribution in [1.29, 1.82) is 0 Å². The van der Waals surface area contributed by atoms with Crippen LogP contribution in [0.25, 0.3) is 0 Å². The maximum Gasteiger partial charge on any atom is 0.262 e. The van der Waals surface area contributed by atoms with Crippen molar-refractivity contribution in [2.45, 2.75) is 4.90 Å². The predicted octanol–water partition coefficient (Wildman–Crippen LogP) is 1.06. The zero-order chi connectivity index (χ0) is 20.9. The van der Waals surface area contributed by atoms with E-state index in [1.54, 1.807) is 12.1 Å². The van der Waals surface area contributed by atoms with E-state index in [0.29, 0.717) is 0 Å². The van der Waals surface area contributed by atoms with E-state index in [-0.39, 0.29) is 27.6 Å². The van der Waals surface area contributed by atoms with E-state index in [2.05, 4.69) is 5.32 Å². The van der Waals surface area contributed by atoms with Crippen LogP contribution in [0.15, 0.2) is 47.4 Å². The van der Waals surface area contributed by atoms with Crippen LogP contribution in [0.1, 0.15) is 10.4 Å². The molecule has 0 atom stereocenters.